The third-order valence-corrected chi connectivity index (χ3v) is 7.72. The maximum atomic E-state index is 13.5. The van der Waals surface area contributed by atoms with Gasteiger partial charge < -0.3 is 24.6 Å². The first-order chi connectivity index (χ1) is 19.3. The molecule has 0 radical (unpaired) electrons. The molecule has 0 bridgehead atoms. The van der Waals surface area contributed by atoms with Crippen molar-refractivity contribution in [3.8, 4) is 17.2 Å². The number of methoxy groups -OCH3 is 2. The van der Waals surface area contributed by atoms with Crippen LogP contribution in [-0.2, 0) is 20.3 Å². The van der Waals surface area contributed by atoms with E-state index >= 15 is 0 Å². The van der Waals surface area contributed by atoms with E-state index in [0.717, 1.165) is 18.4 Å². The number of carbonyl (C=O) groups is 3. The molecule has 0 heterocycles. The highest BCUT2D eigenvalue weighted by Gasteiger charge is 2.28. The van der Waals surface area contributed by atoms with E-state index in [1.54, 1.807) is 0 Å². The topological polar surface area (TPSA) is 111 Å². The monoisotopic (exact) mass is 561 g/mol. The van der Waals surface area contributed by atoms with Crippen LogP contribution in [0.4, 0.5) is 5.69 Å². The number of ether oxygens (including phenoxy) is 3. The van der Waals surface area contributed by atoms with Crippen molar-refractivity contribution in [1.29, 1.82) is 0 Å². The highest BCUT2D eigenvalue weighted by Crippen LogP contribution is 2.41. The maximum absolute atomic E-state index is 13.5. The van der Waals surface area contributed by atoms with Gasteiger partial charge in [-0.15, -0.1) is 0 Å². The Morgan fingerprint density at radius 3 is 1.85 bits per heavy atom. The van der Waals surface area contributed by atoms with Crippen LogP contribution in [0.25, 0.3) is 0 Å². The second-order valence-corrected chi connectivity index (χ2v) is 11.2. The summed E-state index contributed by atoms with van der Waals surface area (Å²) in [5.74, 6) is -1.29. The molecule has 0 aromatic heterocycles. The lowest BCUT2D eigenvalue weighted by molar-refractivity contribution is 0.0598. The molecule has 3 rings (SSSR count). The first kappa shape index (κ1) is 31.2. The highest BCUT2D eigenvalue weighted by atomic mass is 16.5. The molecule has 0 aliphatic carbocycles. The summed E-state index contributed by atoms with van der Waals surface area (Å²) in [6.07, 6.45) is 1.83. The van der Waals surface area contributed by atoms with Gasteiger partial charge >= 0.3 is 11.9 Å². The Morgan fingerprint density at radius 2 is 1.32 bits per heavy atom. The fraction of sp³-hybridized carbons (Fsp3) is 0.364. The van der Waals surface area contributed by atoms with Gasteiger partial charge in [-0.05, 0) is 71.7 Å². The highest BCUT2D eigenvalue weighted by molar-refractivity contribution is 6.08. The summed E-state index contributed by atoms with van der Waals surface area (Å²) in [5.41, 5.74) is 2.29. The van der Waals surface area contributed by atoms with Crippen LogP contribution in [0, 0.1) is 0 Å². The number of nitrogens with one attached hydrogen (secondary N) is 1. The molecule has 0 saturated heterocycles. The quantitative estimate of drug-likeness (QED) is 0.248. The van der Waals surface area contributed by atoms with Gasteiger partial charge in [0.2, 0.25) is 0 Å². The summed E-state index contributed by atoms with van der Waals surface area (Å²) >= 11 is 0. The molecule has 2 N–H and O–H groups in total. The third-order valence-electron chi connectivity index (χ3n) is 7.72. The van der Waals surface area contributed by atoms with Crippen molar-refractivity contribution >= 4 is 23.5 Å². The van der Waals surface area contributed by atoms with Gasteiger partial charge in [-0.2, -0.15) is 0 Å². The van der Waals surface area contributed by atoms with Gasteiger partial charge in [0, 0.05) is 11.3 Å². The van der Waals surface area contributed by atoms with Crippen molar-refractivity contribution in [3.63, 3.8) is 0 Å². The third kappa shape index (κ3) is 7.06. The molecule has 0 spiro atoms. The molecule has 8 nitrogen and oxygen atoms in total. The molecule has 0 atom stereocenters. The lowest BCUT2D eigenvalue weighted by Gasteiger charge is -2.30. The molecule has 0 saturated carbocycles. The predicted octanol–water partition coefficient (Wildman–Crippen LogP) is 7.39. The van der Waals surface area contributed by atoms with E-state index in [2.05, 4.69) is 52.9 Å². The second-order valence-electron chi connectivity index (χ2n) is 11.2. The predicted molar refractivity (Wildman–Crippen MR) is 158 cm³/mol. The van der Waals surface area contributed by atoms with Crippen molar-refractivity contribution in [1.82, 2.24) is 0 Å². The number of amides is 1. The Labute approximate surface area is 241 Å². The van der Waals surface area contributed by atoms with E-state index in [-0.39, 0.29) is 44.7 Å². The molecule has 41 heavy (non-hydrogen) atoms. The average molecular weight is 562 g/mol. The van der Waals surface area contributed by atoms with Crippen LogP contribution in [0.3, 0.4) is 0 Å². The van der Waals surface area contributed by atoms with Crippen LogP contribution in [0.15, 0.2) is 54.6 Å². The van der Waals surface area contributed by atoms with Crippen molar-refractivity contribution < 1.29 is 33.7 Å². The van der Waals surface area contributed by atoms with Crippen molar-refractivity contribution in [2.24, 2.45) is 0 Å². The number of hydrogen-bond donors (Lipinski definition) is 2. The number of carbonyl (C=O) groups excluding carboxylic acids is 3. The Kier molecular flexibility index (Phi) is 9.48. The lowest BCUT2D eigenvalue weighted by Crippen LogP contribution is -2.21. The minimum absolute atomic E-state index is 0.0253. The van der Waals surface area contributed by atoms with E-state index in [1.165, 1.54) is 56.2 Å². The van der Waals surface area contributed by atoms with Crippen molar-refractivity contribution in [3.05, 3.63) is 82.4 Å². The summed E-state index contributed by atoms with van der Waals surface area (Å²) < 4.78 is 15.9. The smallest absolute Gasteiger partial charge is 0.337 e. The van der Waals surface area contributed by atoms with E-state index in [0.29, 0.717) is 5.75 Å². The van der Waals surface area contributed by atoms with E-state index in [4.69, 9.17) is 14.2 Å². The van der Waals surface area contributed by atoms with Crippen LogP contribution >= 0.6 is 0 Å². The first-order valence-electron chi connectivity index (χ1n) is 13.5. The number of phenolic OH excluding ortho intramolecular Hbond substituents is 1. The van der Waals surface area contributed by atoms with Crippen molar-refractivity contribution in [2.45, 2.75) is 65.2 Å². The molecular formula is C33H39NO7. The summed E-state index contributed by atoms with van der Waals surface area (Å²) in [6.45, 7) is 13.0. The molecule has 3 aromatic carbocycles. The van der Waals surface area contributed by atoms with E-state index in [1.807, 2.05) is 12.1 Å². The molecule has 1 amide bonds. The standard InChI is InChI=1S/C33H39NO7/c1-9-32(3,4)22-11-13-28(26(18-22)33(5,6)10-2)41-27-14-12-24(35)19-25(27)29(36)34-23-16-20(30(37)39-7)15-21(17-23)31(38)40-8/h11-19,35H,9-10H2,1-8H3,(H,34,36). The van der Waals surface area contributed by atoms with Gasteiger partial charge in [0.05, 0.1) is 30.9 Å². The van der Waals surface area contributed by atoms with Crippen LogP contribution in [-0.4, -0.2) is 37.2 Å². The zero-order valence-electron chi connectivity index (χ0n) is 25.0. The molecular weight excluding hydrogens is 522 g/mol. The normalized spacial score (nSPS) is 11.5. The van der Waals surface area contributed by atoms with Crippen LogP contribution < -0.4 is 10.1 Å². The zero-order chi connectivity index (χ0) is 30.5. The van der Waals surface area contributed by atoms with Crippen LogP contribution in [0.1, 0.15) is 96.6 Å². The number of phenols is 1. The Bertz CT molecular complexity index is 1420. The van der Waals surface area contributed by atoms with Gasteiger partial charge in [-0.3, -0.25) is 4.79 Å². The fourth-order valence-electron chi connectivity index (χ4n) is 4.24. The van der Waals surface area contributed by atoms with Gasteiger partial charge in [0.25, 0.3) is 5.91 Å². The van der Waals surface area contributed by atoms with Crippen LogP contribution in [0.2, 0.25) is 0 Å². The maximum Gasteiger partial charge on any atom is 0.337 e. The molecule has 0 aliphatic rings. The molecule has 0 aliphatic heterocycles. The Balaban J connectivity index is 2.06. The van der Waals surface area contributed by atoms with Crippen LogP contribution in [0.5, 0.6) is 17.2 Å². The summed E-state index contributed by atoms with van der Waals surface area (Å²) in [7, 11) is 2.43. The first-order valence-corrected chi connectivity index (χ1v) is 13.5. The fourth-order valence-corrected chi connectivity index (χ4v) is 4.24. The van der Waals surface area contributed by atoms with E-state index in [9.17, 15) is 19.5 Å². The van der Waals surface area contributed by atoms with E-state index < -0.39 is 17.8 Å². The van der Waals surface area contributed by atoms with Crippen molar-refractivity contribution in [2.75, 3.05) is 19.5 Å². The number of rotatable bonds is 10. The molecule has 0 fully saturated rings. The summed E-state index contributed by atoms with van der Waals surface area (Å²) in [6, 6.07) is 14.5. The Morgan fingerprint density at radius 1 is 0.756 bits per heavy atom. The van der Waals surface area contributed by atoms with Gasteiger partial charge in [-0.25, -0.2) is 9.59 Å². The number of benzene rings is 3. The lowest BCUT2D eigenvalue weighted by atomic mass is 9.76. The molecule has 8 heteroatoms. The molecule has 0 unspecified atom stereocenters. The SMILES string of the molecule is CCC(C)(C)c1ccc(Oc2ccc(O)cc2C(=O)Nc2cc(C(=O)OC)cc(C(=O)OC)c2)c(C(C)(C)CC)c1. The number of hydrogen-bond acceptors (Lipinski definition) is 7. The number of esters is 2. The number of anilines is 1. The molecule has 3 aromatic rings. The summed E-state index contributed by atoms with van der Waals surface area (Å²) in [5, 5.41) is 12.9. The minimum atomic E-state index is -0.687. The minimum Gasteiger partial charge on any atom is -0.508 e. The Hall–Kier alpha value is -4.33. The second kappa shape index (κ2) is 12.5. The van der Waals surface area contributed by atoms with Gasteiger partial charge in [0.1, 0.15) is 17.2 Å². The number of aromatic hydroxyl groups is 1. The molecule has 218 valence electrons. The van der Waals surface area contributed by atoms with Gasteiger partial charge in [-0.1, -0.05) is 53.7 Å². The zero-order valence-corrected chi connectivity index (χ0v) is 25.0. The average Bonchev–Trinajstić information content (AvgIpc) is 2.96. The van der Waals surface area contributed by atoms with Gasteiger partial charge in [0.15, 0.2) is 0 Å². The largest absolute Gasteiger partial charge is 0.508 e. The summed E-state index contributed by atoms with van der Waals surface area (Å²) in [4.78, 5) is 37.9.